The van der Waals surface area contributed by atoms with Crippen molar-refractivity contribution in [3.8, 4) is 5.75 Å². The first-order valence-corrected chi connectivity index (χ1v) is 10.7. The average Bonchev–Trinajstić information content (AvgIpc) is 2.72. The van der Waals surface area contributed by atoms with Gasteiger partial charge in [0, 0.05) is 0 Å². The zero-order valence-electron chi connectivity index (χ0n) is 15.8. The van der Waals surface area contributed by atoms with Gasteiger partial charge in [0.1, 0.15) is 0 Å². The lowest BCUT2D eigenvalue weighted by atomic mass is 10.0. The van der Waals surface area contributed by atoms with Crippen LogP contribution in [-0.4, -0.2) is 8.32 Å². The summed E-state index contributed by atoms with van der Waals surface area (Å²) >= 11 is 0. The van der Waals surface area contributed by atoms with Crippen LogP contribution in [0, 0.1) is 17.5 Å². The second-order valence-electron chi connectivity index (χ2n) is 7.64. The zero-order valence-corrected chi connectivity index (χ0v) is 16.8. The number of fused-ring (bicyclic) bond motifs is 1. The number of alkyl halides is 2. The Labute approximate surface area is 154 Å². The molecule has 1 aliphatic carbocycles. The lowest BCUT2D eigenvalue weighted by Gasteiger charge is -2.42. The lowest BCUT2D eigenvalue weighted by molar-refractivity contribution is 0.0137. The SMILES string of the molecule is CC(C)[Si](Oc1c(F)c(F)c2c(c1F)C(F)=C(F)C2(F)F)(C(C)C)C(C)C. The Morgan fingerprint density at radius 3 is 1.59 bits per heavy atom. The third kappa shape index (κ3) is 2.89. The molecule has 1 nitrogen and oxygen atoms in total. The molecule has 1 aromatic rings. The van der Waals surface area contributed by atoms with Gasteiger partial charge in [-0.05, 0) is 16.6 Å². The molecule has 0 saturated carbocycles. The van der Waals surface area contributed by atoms with Crippen LogP contribution >= 0.6 is 0 Å². The first-order chi connectivity index (χ1) is 12.2. The summed E-state index contributed by atoms with van der Waals surface area (Å²) in [6, 6.07) is 0. The minimum absolute atomic E-state index is 0.189. The van der Waals surface area contributed by atoms with Gasteiger partial charge >= 0.3 is 5.92 Å². The number of hydrogen-bond donors (Lipinski definition) is 0. The number of allylic oxidation sites excluding steroid dienone is 1. The third-order valence-corrected chi connectivity index (χ3v) is 11.2. The van der Waals surface area contributed by atoms with Gasteiger partial charge in [0.15, 0.2) is 23.2 Å². The molecule has 0 fully saturated rings. The van der Waals surface area contributed by atoms with Gasteiger partial charge in [0.05, 0.1) is 11.1 Å². The highest BCUT2D eigenvalue weighted by Gasteiger charge is 2.55. The zero-order chi connectivity index (χ0) is 21.1. The van der Waals surface area contributed by atoms with Gasteiger partial charge in [-0.3, -0.25) is 0 Å². The highest BCUT2D eigenvalue weighted by molar-refractivity contribution is 6.78. The van der Waals surface area contributed by atoms with Crippen molar-refractivity contribution in [1.29, 1.82) is 0 Å². The van der Waals surface area contributed by atoms with Crippen LogP contribution in [0.5, 0.6) is 5.75 Å². The maximum absolute atomic E-state index is 14.8. The van der Waals surface area contributed by atoms with Crippen LogP contribution in [0.2, 0.25) is 16.6 Å². The molecule has 0 amide bonds. The normalized spacial score (nSPS) is 16.7. The Balaban J connectivity index is 2.80. The molecule has 152 valence electrons. The summed E-state index contributed by atoms with van der Waals surface area (Å²) in [6.45, 7) is 10.7. The molecule has 0 heterocycles. The van der Waals surface area contributed by atoms with Crippen LogP contribution < -0.4 is 4.43 Å². The van der Waals surface area contributed by atoms with Crippen molar-refractivity contribution < 1.29 is 35.2 Å². The minimum Gasteiger partial charge on any atom is -0.539 e. The van der Waals surface area contributed by atoms with E-state index >= 15 is 0 Å². The molecule has 27 heavy (non-hydrogen) atoms. The molecule has 1 aromatic carbocycles. The standard InChI is InChI=1S/C18H21F7OSi/c1-7(2)27(8(3)4,9(5)6)26-16-12(19)10-11(14(21)15(16)22)18(24,25)17(23)13(10)20/h7-9H,1-6H3. The van der Waals surface area contributed by atoms with Crippen molar-refractivity contribution in [3.05, 3.63) is 34.4 Å². The monoisotopic (exact) mass is 414 g/mol. The minimum atomic E-state index is -4.79. The van der Waals surface area contributed by atoms with E-state index in [0.717, 1.165) is 0 Å². The van der Waals surface area contributed by atoms with Crippen LogP contribution in [-0.2, 0) is 5.92 Å². The second-order valence-corrected chi connectivity index (χ2v) is 13.0. The van der Waals surface area contributed by atoms with E-state index < -0.39 is 60.2 Å². The van der Waals surface area contributed by atoms with E-state index in [2.05, 4.69) is 0 Å². The highest BCUT2D eigenvalue weighted by Crippen LogP contribution is 2.54. The second kappa shape index (κ2) is 6.83. The summed E-state index contributed by atoms with van der Waals surface area (Å²) < 4.78 is 104. The van der Waals surface area contributed by atoms with Crippen molar-refractivity contribution in [2.45, 2.75) is 64.1 Å². The van der Waals surface area contributed by atoms with E-state index in [9.17, 15) is 30.7 Å². The summed E-state index contributed by atoms with van der Waals surface area (Å²) in [5.74, 6) is -17.0. The Morgan fingerprint density at radius 1 is 0.741 bits per heavy atom. The van der Waals surface area contributed by atoms with Crippen LogP contribution in [0.3, 0.4) is 0 Å². The van der Waals surface area contributed by atoms with Crippen LogP contribution in [0.4, 0.5) is 30.7 Å². The molecule has 0 saturated heterocycles. The Bertz CT molecular complexity index is 778. The number of benzene rings is 1. The quantitative estimate of drug-likeness (QED) is 0.278. The van der Waals surface area contributed by atoms with E-state index in [-0.39, 0.29) is 16.6 Å². The number of hydrogen-bond acceptors (Lipinski definition) is 1. The maximum Gasteiger partial charge on any atom is 0.330 e. The summed E-state index contributed by atoms with van der Waals surface area (Å²) in [5.41, 5.74) is -4.17. The Hall–Kier alpha value is -1.51. The van der Waals surface area contributed by atoms with E-state index in [0.29, 0.717) is 0 Å². The van der Waals surface area contributed by atoms with Gasteiger partial charge in [-0.25, -0.2) is 17.6 Å². The molecule has 0 aromatic heterocycles. The molecule has 2 rings (SSSR count). The molecule has 0 unspecified atom stereocenters. The van der Waals surface area contributed by atoms with Gasteiger partial charge in [-0.15, -0.1) is 0 Å². The largest absolute Gasteiger partial charge is 0.539 e. The van der Waals surface area contributed by atoms with Crippen molar-refractivity contribution in [2.75, 3.05) is 0 Å². The van der Waals surface area contributed by atoms with Gasteiger partial charge in [0.25, 0.3) is 8.32 Å². The van der Waals surface area contributed by atoms with Crippen molar-refractivity contribution in [1.82, 2.24) is 0 Å². The summed E-state index contributed by atoms with van der Waals surface area (Å²) in [5, 5.41) is 0. The summed E-state index contributed by atoms with van der Waals surface area (Å²) in [4.78, 5) is 0. The summed E-state index contributed by atoms with van der Waals surface area (Å²) in [6.07, 6.45) is 0. The Kier molecular flexibility index (Phi) is 5.51. The number of rotatable bonds is 5. The molecular formula is C18H21F7OSi. The molecule has 9 heteroatoms. The van der Waals surface area contributed by atoms with Gasteiger partial charge in [-0.1, -0.05) is 41.5 Å². The van der Waals surface area contributed by atoms with Crippen molar-refractivity contribution in [3.63, 3.8) is 0 Å². The molecule has 0 aliphatic heterocycles. The third-order valence-electron chi connectivity index (χ3n) is 5.27. The van der Waals surface area contributed by atoms with E-state index in [1.165, 1.54) is 0 Å². The molecular weight excluding hydrogens is 393 g/mol. The molecule has 0 atom stereocenters. The summed E-state index contributed by atoms with van der Waals surface area (Å²) in [7, 11) is -3.03. The van der Waals surface area contributed by atoms with Crippen LogP contribution in [0.15, 0.2) is 5.83 Å². The smallest absolute Gasteiger partial charge is 0.330 e. The highest BCUT2D eigenvalue weighted by atomic mass is 28.4. The molecule has 0 bridgehead atoms. The fourth-order valence-electron chi connectivity index (χ4n) is 4.12. The average molecular weight is 414 g/mol. The van der Waals surface area contributed by atoms with Crippen LogP contribution in [0.1, 0.15) is 52.7 Å². The van der Waals surface area contributed by atoms with E-state index in [4.69, 9.17) is 4.43 Å². The predicted molar refractivity (Wildman–Crippen MR) is 91.0 cm³/mol. The Morgan fingerprint density at radius 2 is 1.19 bits per heavy atom. The van der Waals surface area contributed by atoms with Crippen LogP contribution in [0.25, 0.3) is 5.83 Å². The van der Waals surface area contributed by atoms with Crippen molar-refractivity contribution >= 4 is 14.1 Å². The predicted octanol–water partition coefficient (Wildman–Crippen LogP) is 7.37. The lowest BCUT2D eigenvalue weighted by Crippen LogP contribution is -2.51. The molecule has 1 aliphatic rings. The number of halogens is 7. The molecule has 0 spiro atoms. The van der Waals surface area contributed by atoms with E-state index in [1.807, 2.05) is 0 Å². The first kappa shape index (κ1) is 21.8. The topological polar surface area (TPSA) is 9.23 Å². The maximum atomic E-state index is 14.8. The molecule has 0 radical (unpaired) electrons. The molecule has 0 N–H and O–H groups in total. The first-order valence-electron chi connectivity index (χ1n) is 8.56. The van der Waals surface area contributed by atoms with Gasteiger partial charge in [0.2, 0.25) is 11.6 Å². The fraction of sp³-hybridized carbons (Fsp3) is 0.556. The van der Waals surface area contributed by atoms with Gasteiger partial charge in [-0.2, -0.15) is 13.2 Å². The fourth-order valence-corrected chi connectivity index (χ4v) is 9.36. The van der Waals surface area contributed by atoms with Gasteiger partial charge < -0.3 is 4.43 Å². The van der Waals surface area contributed by atoms with E-state index in [1.54, 1.807) is 41.5 Å². The van der Waals surface area contributed by atoms with Crippen molar-refractivity contribution in [2.24, 2.45) is 0 Å².